The van der Waals surface area contributed by atoms with Crippen molar-refractivity contribution in [3.8, 4) is 0 Å². The Morgan fingerprint density at radius 2 is 1.83 bits per heavy atom. The van der Waals surface area contributed by atoms with Crippen LogP contribution in [0.15, 0.2) is 30.3 Å². The molecule has 1 aromatic rings. The smallest absolute Gasteiger partial charge is 0.0923 e. The quantitative estimate of drug-likeness (QED) is 0.574. The molecule has 3 heteroatoms. The van der Waals surface area contributed by atoms with E-state index in [1.807, 2.05) is 6.07 Å². The lowest BCUT2D eigenvalue weighted by Gasteiger charge is -2.32. The average molecular weight is 247 g/mol. The fourth-order valence-corrected chi connectivity index (χ4v) is 2.27. The number of amidine groups is 1. The molecule has 1 aromatic carbocycles. The van der Waals surface area contributed by atoms with Crippen molar-refractivity contribution in [3.05, 3.63) is 30.3 Å². The Hall–Kier alpha value is -1.51. The zero-order chi connectivity index (χ0) is 13.5. The van der Waals surface area contributed by atoms with Gasteiger partial charge in [-0.15, -0.1) is 0 Å². The number of rotatable bonds is 7. The van der Waals surface area contributed by atoms with Gasteiger partial charge in [-0.2, -0.15) is 0 Å². The first-order valence-electron chi connectivity index (χ1n) is 6.65. The number of anilines is 1. The van der Waals surface area contributed by atoms with Gasteiger partial charge in [-0.05, 0) is 31.4 Å². The van der Waals surface area contributed by atoms with Crippen LogP contribution < -0.4 is 10.6 Å². The molecule has 1 unspecified atom stereocenters. The van der Waals surface area contributed by atoms with E-state index in [4.69, 9.17) is 11.1 Å². The first-order valence-corrected chi connectivity index (χ1v) is 6.65. The maximum absolute atomic E-state index is 7.38. The van der Waals surface area contributed by atoms with Gasteiger partial charge < -0.3 is 10.6 Å². The lowest BCUT2D eigenvalue weighted by atomic mass is 10.0. The molecular formula is C15H25N3. The molecule has 0 saturated heterocycles. The summed E-state index contributed by atoms with van der Waals surface area (Å²) in [5, 5.41) is 7.38. The van der Waals surface area contributed by atoms with Crippen LogP contribution in [-0.4, -0.2) is 18.4 Å². The minimum atomic E-state index is 0.257. The Kier molecular flexibility index (Phi) is 5.69. The lowest BCUT2D eigenvalue weighted by Crippen LogP contribution is -2.36. The molecular weight excluding hydrogens is 222 g/mol. The highest BCUT2D eigenvalue weighted by molar-refractivity contribution is 5.77. The Balaban J connectivity index is 2.77. The van der Waals surface area contributed by atoms with E-state index in [-0.39, 0.29) is 5.84 Å². The molecule has 18 heavy (non-hydrogen) atoms. The molecule has 0 spiro atoms. The summed E-state index contributed by atoms with van der Waals surface area (Å²) in [7, 11) is 0. The van der Waals surface area contributed by atoms with Gasteiger partial charge in [0.15, 0.2) is 0 Å². The number of nitrogens with one attached hydrogen (secondary N) is 1. The molecule has 3 N–H and O–H groups in total. The lowest BCUT2D eigenvalue weighted by molar-refractivity contribution is 0.490. The highest BCUT2D eigenvalue weighted by Gasteiger charge is 2.15. The second-order valence-electron chi connectivity index (χ2n) is 5.28. The van der Waals surface area contributed by atoms with E-state index in [1.54, 1.807) is 0 Å². The van der Waals surface area contributed by atoms with E-state index >= 15 is 0 Å². The maximum Gasteiger partial charge on any atom is 0.0923 e. The van der Waals surface area contributed by atoms with Crippen LogP contribution in [0.3, 0.4) is 0 Å². The van der Waals surface area contributed by atoms with Crippen molar-refractivity contribution < 1.29 is 0 Å². The van der Waals surface area contributed by atoms with Gasteiger partial charge in [0.2, 0.25) is 0 Å². The fourth-order valence-electron chi connectivity index (χ4n) is 2.27. The van der Waals surface area contributed by atoms with Crippen molar-refractivity contribution in [2.45, 2.75) is 39.7 Å². The molecule has 0 aromatic heterocycles. The summed E-state index contributed by atoms with van der Waals surface area (Å²) in [5.74, 6) is 0.927. The van der Waals surface area contributed by atoms with Crippen LogP contribution in [0.5, 0.6) is 0 Å². The van der Waals surface area contributed by atoms with Crippen LogP contribution in [0, 0.1) is 11.3 Å². The number of benzene rings is 1. The van der Waals surface area contributed by atoms with Crippen molar-refractivity contribution >= 4 is 11.5 Å². The summed E-state index contributed by atoms with van der Waals surface area (Å²) in [6.45, 7) is 7.54. The van der Waals surface area contributed by atoms with E-state index in [1.165, 1.54) is 5.69 Å². The number of nitrogens with two attached hydrogens (primary N) is 1. The van der Waals surface area contributed by atoms with Gasteiger partial charge in [-0.3, -0.25) is 5.41 Å². The third-order valence-corrected chi connectivity index (χ3v) is 3.05. The first kappa shape index (κ1) is 14.6. The van der Waals surface area contributed by atoms with Crippen LogP contribution >= 0.6 is 0 Å². The van der Waals surface area contributed by atoms with Crippen LogP contribution in [0.4, 0.5) is 5.69 Å². The Labute approximate surface area is 111 Å². The van der Waals surface area contributed by atoms with Crippen molar-refractivity contribution in [2.24, 2.45) is 11.7 Å². The molecule has 0 radical (unpaired) electrons. The maximum atomic E-state index is 7.38. The summed E-state index contributed by atoms with van der Waals surface area (Å²) in [5.41, 5.74) is 6.69. The zero-order valence-corrected chi connectivity index (χ0v) is 11.7. The van der Waals surface area contributed by atoms with Gasteiger partial charge in [0.1, 0.15) is 0 Å². The van der Waals surface area contributed by atoms with Gasteiger partial charge in [0, 0.05) is 24.7 Å². The second kappa shape index (κ2) is 7.04. The molecule has 0 aliphatic carbocycles. The fraction of sp³-hybridized carbons (Fsp3) is 0.533. The number of hydrogen-bond donors (Lipinski definition) is 2. The summed E-state index contributed by atoms with van der Waals surface area (Å²) >= 11 is 0. The molecule has 0 fully saturated rings. The third-order valence-electron chi connectivity index (χ3n) is 3.05. The molecule has 100 valence electrons. The molecule has 0 heterocycles. The Morgan fingerprint density at radius 3 is 2.33 bits per heavy atom. The van der Waals surface area contributed by atoms with Crippen molar-refractivity contribution in [1.29, 1.82) is 5.41 Å². The molecule has 0 bridgehead atoms. The van der Waals surface area contributed by atoms with Crippen molar-refractivity contribution in [1.82, 2.24) is 0 Å². The second-order valence-corrected chi connectivity index (χ2v) is 5.28. The molecule has 0 amide bonds. The topological polar surface area (TPSA) is 53.1 Å². The number of hydrogen-bond acceptors (Lipinski definition) is 2. The third kappa shape index (κ3) is 4.78. The summed E-state index contributed by atoms with van der Waals surface area (Å²) in [6.07, 6.45) is 1.77. The standard InChI is InChI=1S/C15H25N3/c1-12(2)11-13(3)18(10-9-15(16)17)14-7-5-4-6-8-14/h4-8,12-13H,9-11H2,1-3H3,(H3,16,17). The van der Waals surface area contributed by atoms with Crippen LogP contribution in [0.2, 0.25) is 0 Å². The number of nitrogens with zero attached hydrogens (tertiary/aromatic N) is 1. The Morgan fingerprint density at radius 1 is 1.22 bits per heavy atom. The number of para-hydroxylation sites is 1. The van der Waals surface area contributed by atoms with Crippen LogP contribution in [0.25, 0.3) is 0 Å². The van der Waals surface area contributed by atoms with Crippen molar-refractivity contribution in [3.63, 3.8) is 0 Å². The zero-order valence-electron chi connectivity index (χ0n) is 11.7. The van der Waals surface area contributed by atoms with E-state index in [0.717, 1.165) is 13.0 Å². The SMILES string of the molecule is CC(C)CC(C)N(CCC(=N)N)c1ccccc1. The Bertz CT molecular complexity index is 359. The summed E-state index contributed by atoms with van der Waals surface area (Å²) in [4.78, 5) is 2.35. The molecule has 0 aliphatic heterocycles. The molecule has 3 nitrogen and oxygen atoms in total. The van der Waals surface area contributed by atoms with Gasteiger partial charge in [0.05, 0.1) is 5.84 Å². The van der Waals surface area contributed by atoms with E-state index in [2.05, 4.69) is 49.9 Å². The monoisotopic (exact) mass is 247 g/mol. The van der Waals surface area contributed by atoms with Gasteiger partial charge in [0.25, 0.3) is 0 Å². The first-order chi connectivity index (χ1) is 8.50. The molecule has 1 atom stereocenters. The minimum Gasteiger partial charge on any atom is -0.388 e. The minimum absolute atomic E-state index is 0.257. The summed E-state index contributed by atoms with van der Waals surface area (Å²) in [6, 6.07) is 10.8. The average Bonchev–Trinajstić information content (AvgIpc) is 2.29. The summed E-state index contributed by atoms with van der Waals surface area (Å²) < 4.78 is 0. The predicted molar refractivity (Wildman–Crippen MR) is 79.2 cm³/mol. The van der Waals surface area contributed by atoms with E-state index < -0.39 is 0 Å². The molecule has 1 rings (SSSR count). The van der Waals surface area contributed by atoms with Crippen LogP contribution in [-0.2, 0) is 0 Å². The molecule has 0 saturated carbocycles. The predicted octanol–water partition coefficient (Wildman–Crippen LogP) is 3.25. The van der Waals surface area contributed by atoms with Gasteiger partial charge in [-0.25, -0.2) is 0 Å². The highest BCUT2D eigenvalue weighted by atomic mass is 15.2. The van der Waals surface area contributed by atoms with E-state index in [0.29, 0.717) is 18.4 Å². The molecule has 0 aliphatic rings. The van der Waals surface area contributed by atoms with Crippen molar-refractivity contribution in [2.75, 3.05) is 11.4 Å². The van der Waals surface area contributed by atoms with Gasteiger partial charge in [-0.1, -0.05) is 32.0 Å². The largest absolute Gasteiger partial charge is 0.388 e. The van der Waals surface area contributed by atoms with E-state index in [9.17, 15) is 0 Å². The highest BCUT2D eigenvalue weighted by Crippen LogP contribution is 2.20. The van der Waals surface area contributed by atoms with Gasteiger partial charge >= 0.3 is 0 Å². The van der Waals surface area contributed by atoms with Crippen LogP contribution in [0.1, 0.15) is 33.6 Å². The normalized spacial score (nSPS) is 12.4.